The molecule has 2 aromatic carbocycles. The van der Waals surface area contributed by atoms with Crippen molar-refractivity contribution in [1.82, 2.24) is 10.2 Å². The molecule has 0 aliphatic carbocycles. The lowest BCUT2D eigenvalue weighted by Gasteiger charge is -2.30. The first-order valence-corrected chi connectivity index (χ1v) is 9.60. The predicted molar refractivity (Wildman–Crippen MR) is 109 cm³/mol. The van der Waals surface area contributed by atoms with Crippen molar-refractivity contribution in [3.63, 3.8) is 0 Å². The van der Waals surface area contributed by atoms with E-state index in [9.17, 15) is 9.59 Å². The lowest BCUT2D eigenvalue weighted by Crippen LogP contribution is -2.49. The average Bonchev–Trinajstić information content (AvgIpc) is 2.66. The van der Waals surface area contributed by atoms with Crippen LogP contribution in [-0.2, 0) is 22.6 Å². The Labute approximate surface area is 162 Å². The summed E-state index contributed by atoms with van der Waals surface area (Å²) in [5.41, 5.74) is 3.10. The summed E-state index contributed by atoms with van der Waals surface area (Å²) in [6.45, 7) is 8.23. The quantitative estimate of drug-likeness (QED) is 0.771. The fraction of sp³-hybridized carbons (Fsp3) is 0.391. The summed E-state index contributed by atoms with van der Waals surface area (Å²) in [5, 5.41) is 2.99. The molecule has 0 radical (unpaired) electrons. The third-order valence-corrected chi connectivity index (χ3v) is 4.80. The highest BCUT2D eigenvalue weighted by molar-refractivity contribution is 5.88. The third kappa shape index (κ3) is 6.24. The van der Waals surface area contributed by atoms with Gasteiger partial charge >= 0.3 is 0 Å². The van der Waals surface area contributed by atoms with Crippen molar-refractivity contribution in [2.45, 2.75) is 59.2 Å². The number of nitrogens with one attached hydrogen (secondary N) is 1. The van der Waals surface area contributed by atoms with Crippen LogP contribution in [0, 0.1) is 6.92 Å². The van der Waals surface area contributed by atoms with Gasteiger partial charge in [0.2, 0.25) is 11.8 Å². The number of nitrogens with zero attached hydrogens (tertiary/aromatic N) is 1. The van der Waals surface area contributed by atoms with E-state index in [0.717, 1.165) is 23.1 Å². The monoisotopic (exact) mass is 366 g/mol. The minimum atomic E-state index is -0.531. The molecule has 0 fully saturated rings. The van der Waals surface area contributed by atoms with Crippen LogP contribution in [-0.4, -0.2) is 28.8 Å². The summed E-state index contributed by atoms with van der Waals surface area (Å²) in [5.74, 6) is -0.158. The van der Waals surface area contributed by atoms with Gasteiger partial charge in [0.1, 0.15) is 6.04 Å². The number of amides is 2. The van der Waals surface area contributed by atoms with Gasteiger partial charge in [-0.25, -0.2) is 0 Å². The second-order valence-corrected chi connectivity index (χ2v) is 7.17. The van der Waals surface area contributed by atoms with Gasteiger partial charge in [-0.1, -0.05) is 67.1 Å². The minimum absolute atomic E-state index is 0.0451. The van der Waals surface area contributed by atoms with Crippen LogP contribution in [0.15, 0.2) is 54.6 Å². The zero-order valence-corrected chi connectivity index (χ0v) is 16.7. The van der Waals surface area contributed by atoms with Crippen molar-refractivity contribution in [2.24, 2.45) is 0 Å². The standard InChI is InChI=1S/C23H30N2O2/c1-5-18(3)24-23(27)19(4)25(16-20-11-7-6-8-12-20)22(26)15-21-13-9-10-17(2)14-21/h6-14,18-19H,5,15-16H2,1-4H3,(H,24,27)/t18-,19-/m0/s1. The molecular formula is C23H30N2O2. The van der Waals surface area contributed by atoms with Crippen LogP contribution in [0.2, 0.25) is 0 Å². The molecule has 0 aromatic heterocycles. The molecule has 27 heavy (non-hydrogen) atoms. The molecule has 144 valence electrons. The lowest BCUT2D eigenvalue weighted by atomic mass is 10.1. The van der Waals surface area contributed by atoms with Gasteiger partial charge in [-0.2, -0.15) is 0 Å². The van der Waals surface area contributed by atoms with Gasteiger partial charge < -0.3 is 10.2 Å². The second-order valence-electron chi connectivity index (χ2n) is 7.17. The Bertz CT molecular complexity index is 758. The fourth-order valence-corrected chi connectivity index (χ4v) is 2.93. The van der Waals surface area contributed by atoms with E-state index in [1.165, 1.54) is 0 Å². The first kappa shape index (κ1) is 20.7. The number of carbonyl (C=O) groups is 2. The van der Waals surface area contributed by atoms with Crippen molar-refractivity contribution in [3.8, 4) is 0 Å². The van der Waals surface area contributed by atoms with Gasteiger partial charge in [-0.05, 0) is 38.3 Å². The Morgan fingerprint density at radius 2 is 1.67 bits per heavy atom. The van der Waals surface area contributed by atoms with Crippen molar-refractivity contribution in [3.05, 3.63) is 71.3 Å². The molecular weight excluding hydrogens is 336 g/mol. The van der Waals surface area contributed by atoms with Crippen LogP contribution in [0.3, 0.4) is 0 Å². The fourth-order valence-electron chi connectivity index (χ4n) is 2.93. The summed E-state index contributed by atoms with van der Waals surface area (Å²) in [6, 6.07) is 17.3. The number of benzene rings is 2. The van der Waals surface area contributed by atoms with Crippen molar-refractivity contribution in [1.29, 1.82) is 0 Å². The largest absolute Gasteiger partial charge is 0.352 e. The van der Waals surface area contributed by atoms with Crippen LogP contribution >= 0.6 is 0 Å². The first-order chi connectivity index (χ1) is 12.9. The molecule has 2 atom stereocenters. The highest BCUT2D eigenvalue weighted by Gasteiger charge is 2.26. The van der Waals surface area contributed by atoms with Crippen LogP contribution in [0.5, 0.6) is 0 Å². The summed E-state index contributed by atoms with van der Waals surface area (Å²) < 4.78 is 0. The molecule has 2 amide bonds. The van der Waals surface area contributed by atoms with E-state index in [2.05, 4.69) is 5.32 Å². The molecule has 2 rings (SSSR count). The van der Waals surface area contributed by atoms with E-state index in [4.69, 9.17) is 0 Å². The molecule has 0 saturated heterocycles. The Morgan fingerprint density at radius 1 is 1.00 bits per heavy atom. The van der Waals surface area contributed by atoms with E-state index in [-0.39, 0.29) is 24.3 Å². The predicted octanol–water partition coefficient (Wildman–Crippen LogP) is 3.87. The van der Waals surface area contributed by atoms with Crippen LogP contribution in [0.4, 0.5) is 0 Å². The van der Waals surface area contributed by atoms with E-state index >= 15 is 0 Å². The number of rotatable bonds is 8. The van der Waals surface area contributed by atoms with Crippen molar-refractivity contribution >= 4 is 11.8 Å². The maximum Gasteiger partial charge on any atom is 0.242 e. The minimum Gasteiger partial charge on any atom is -0.352 e. The molecule has 0 saturated carbocycles. The van der Waals surface area contributed by atoms with Gasteiger partial charge in [0.15, 0.2) is 0 Å². The summed E-state index contributed by atoms with van der Waals surface area (Å²) in [6.07, 6.45) is 1.14. The lowest BCUT2D eigenvalue weighted by molar-refractivity contribution is -0.140. The highest BCUT2D eigenvalue weighted by atomic mass is 16.2. The normalized spacial score (nSPS) is 12.9. The van der Waals surface area contributed by atoms with Gasteiger partial charge in [0.25, 0.3) is 0 Å². The molecule has 1 N–H and O–H groups in total. The third-order valence-electron chi connectivity index (χ3n) is 4.80. The summed E-state index contributed by atoms with van der Waals surface area (Å²) in [4.78, 5) is 27.4. The highest BCUT2D eigenvalue weighted by Crippen LogP contribution is 2.13. The molecule has 4 heteroatoms. The maximum absolute atomic E-state index is 13.1. The Kier molecular flexibility index (Phi) is 7.59. The molecule has 0 spiro atoms. The van der Waals surface area contributed by atoms with Crippen LogP contribution in [0.1, 0.15) is 43.9 Å². The SMILES string of the molecule is CC[C@H](C)NC(=O)[C@H](C)N(Cc1ccccc1)C(=O)Cc1cccc(C)c1. The van der Waals surface area contributed by atoms with Gasteiger partial charge in [-0.3, -0.25) is 9.59 Å². The van der Waals surface area contributed by atoms with E-state index in [1.807, 2.05) is 75.4 Å². The zero-order chi connectivity index (χ0) is 19.8. The van der Waals surface area contributed by atoms with Crippen LogP contribution in [0.25, 0.3) is 0 Å². The molecule has 0 aliphatic rings. The second kappa shape index (κ2) is 9.91. The molecule has 0 unspecified atom stereocenters. The molecule has 4 nitrogen and oxygen atoms in total. The van der Waals surface area contributed by atoms with E-state index in [1.54, 1.807) is 11.8 Å². The Hall–Kier alpha value is -2.62. The molecule has 0 aliphatic heterocycles. The topological polar surface area (TPSA) is 49.4 Å². The van der Waals surface area contributed by atoms with Gasteiger partial charge in [0.05, 0.1) is 6.42 Å². The van der Waals surface area contributed by atoms with Gasteiger partial charge in [-0.15, -0.1) is 0 Å². The van der Waals surface area contributed by atoms with E-state index in [0.29, 0.717) is 6.54 Å². The number of carbonyl (C=O) groups excluding carboxylic acids is 2. The number of hydrogen-bond acceptors (Lipinski definition) is 2. The molecule has 2 aromatic rings. The molecule has 0 bridgehead atoms. The molecule has 0 heterocycles. The average molecular weight is 367 g/mol. The van der Waals surface area contributed by atoms with Crippen molar-refractivity contribution in [2.75, 3.05) is 0 Å². The number of aryl methyl sites for hydroxylation is 1. The van der Waals surface area contributed by atoms with Crippen LogP contribution < -0.4 is 5.32 Å². The van der Waals surface area contributed by atoms with E-state index < -0.39 is 6.04 Å². The Morgan fingerprint density at radius 3 is 2.30 bits per heavy atom. The summed E-state index contributed by atoms with van der Waals surface area (Å²) >= 11 is 0. The van der Waals surface area contributed by atoms with Crippen molar-refractivity contribution < 1.29 is 9.59 Å². The maximum atomic E-state index is 13.1. The smallest absolute Gasteiger partial charge is 0.242 e. The first-order valence-electron chi connectivity index (χ1n) is 9.60. The number of hydrogen-bond donors (Lipinski definition) is 1. The van der Waals surface area contributed by atoms with Gasteiger partial charge in [0, 0.05) is 12.6 Å². The Balaban J connectivity index is 2.20. The summed E-state index contributed by atoms with van der Waals surface area (Å²) in [7, 11) is 0. The zero-order valence-electron chi connectivity index (χ0n) is 16.7.